The van der Waals surface area contributed by atoms with E-state index in [1.807, 2.05) is 23.1 Å². The zero-order valence-electron chi connectivity index (χ0n) is 10.4. The number of hydrogen-bond donors (Lipinski definition) is 2. The molecule has 18 heavy (non-hydrogen) atoms. The Labute approximate surface area is 106 Å². The van der Waals surface area contributed by atoms with Crippen LogP contribution in [0, 0.1) is 5.92 Å². The highest BCUT2D eigenvalue weighted by molar-refractivity contribution is 6.07. The second kappa shape index (κ2) is 4.05. The predicted octanol–water partition coefficient (Wildman–Crippen LogP) is 2.23. The minimum atomic E-state index is 0.121. The van der Waals surface area contributed by atoms with Crippen molar-refractivity contribution in [2.45, 2.75) is 13.3 Å². The van der Waals surface area contributed by atoms with Crippen molar-refractivity contribution >= 4 is 22.5 Å². The van der Waals surface area contributed by atoms with Gasteiger partial charge in [0.2, 0.25) is 0 Å². The first-order valence-corrected chi connectivity index (χ1v) is 6.31. The SMILES string of the molecule is CC1CCN(C(=O)c2c[nH]c3cc(N)ccc23)C1. The molecule has 4 nitrogen and oxygen atoms in total. The lowest BCUT2D eigenvalue weighted by molar-refractivity contribution is 0.0790. The quantitative estimate of drug-likeness (QED) is 0.754. The van der Waals surface area contributed by atoms with Gasteiger partial charge in [0.25, 0.3) is 5.91 Å². The van der Waals surface area contributed by atoms with Crippen molar-refractivity contribution in [1.29, 1.82) is 0 Å². The van der Waals surface area contributed by atoms with Gasteiger partial charge in [0.15, 0.2) is 0 Å². The molecule has 1 aromatic heterocycles. The lowest BCUT2D eigenvalue weighted by Gasteiger charge is -2.15. The largest absolute Gasteiger partial charge is 0.399 e. The monoisotopic (exact) mass is 243 g/mol. The maximum atomic E-state index is 12.4. The molecular weight excluding hydrogens is 226 g/mol. The van der Waals surface area contributed by atoms with Crippen LogP contribution in [0.4, 0.5) is 5.69 Å². The van der Waals surface area contributed by atoms with Crippen molar-refractivity contribution in [3.8, 4) is 0 Å². The van der Waals surface area contributed by atoms with Gasteiger partial charge in [-0.15, -0.1) is 0 Å². The Morgan fingerprint density at radius 1 is 1.50 bits per heavy atom. The molecule has 94 valence electrons. The molecule has 4 heteroatoms. The average molecular weight is 243 g/mol. The second-order valence-electron chi connectivity index (χ2n) is 5.15. The van der Waals surface area contributed by atoms with Crippen LogP contribution in [0.5, 0.6) is 0 Å². The van der Waals surface area contributed by atoms with Gasteiger partial charge in [0.1, 0.15) is 0 Å². The van der Waals surface area contributed by atoms with Crippen LogP contribution >= 0.6 is 0 Å². The summed E-state index contributed by atoms with van der Waals surface area (Å²) in [5.74, 6) is 0.727. The normalized spacial score (nSPS) is 19.6. The molecule has 1 unspecified atom stereocenters. The van der Waals surface area contributed by atoms with Gasteiger partial charge in [-0.3, -0.25) is 4.79 Å². The molecule has 1 atom stereocenters. The highest BCUT2D eigenvalue weighted by Crippen LogP contribution is 2.24. The second-order valence-corrected chi connectivity index (χ2v) is 5.15. The number of nitrogen functional groups attached to an aromatic ring is 1. The van der Waals surface area contributed by atoms with Crippen LogP contribution in [-0.4, -0.2) is 28.9 Å². The fourth-order valence-electron chi connectivity index (χ4n) is 2.61. The summed E-state index contributed by atoms with van der Waals surface area (Å²) in [5, 5.41) is 0.953. The van der Waals surface area contributed by atoms with Crippen molar-refractivity contribution in [2.24, 2.45) is 5.92 Å². The molecule has 1 aliphatic rings. The van der Waals surface area contributed by atoms with E-state index in [0.29, 0.717) is 11.6 Å². The Kier molecular flexibility index (Phi) is 2.51. The predicted molar refractivity (Wildman–Crippen MR) is 72.4 cm³/mol. The van der Waals surface area contributed by atoms with Gasteiger partial charge in [-0.25, -0.2) is 0 Å². The number of carbonyl (C=O) groups is 1. The zero-order chi connectivity index (χ0) is 12.7. The highest BCUT2D eigenvalue weighted by Gasteiger charge is 2.25. The van der Waals surface area contributed by atoms with Crippen LogP contribution < -0.4 is 5.73 Å². The number of hydrogen-bond acceptors (Lipinski definition) is 2. The minimum absolute atomic E-state index is 0.121. The number of fused-ring (bicyclic) bond motifs is 1. The molecule has 0 saturated carbocycles. The van der Waals surface area contributed by atoms with E-state index < -0.39 is 0 Å². The number of likely N-dealkylation sites (tertiary alicyclic amines) is 1. The van der Waals surface area contributed by atoms with Crippen molar-refractivity contribution < 1.29 is 4.79 Å². The summed E-state index contributed by atoms with van der Waals surface area (Å²) < 4.78 is 0. The zero-order valence-corrected chi connectivity index (χ0v) is 10.4. The number of benzene rings is 1. The Balaban J connectivity index is 1.97. The molecule has 2 heterocycles. The molecule has 1 aliphatic heterocycles. The van der Waals surface area contributed by atoms with E-state index in [4.69, 9.17) is 5.73 Å². The number of anilines is 1. The lowest BCUT2D eigenvalue weighted by Crippen LogP contribution is -2.28. The van der Waals surface area contributed by atoms with Crippen molar-refractivity contribution in [3.05, 3.63) is 30.0 Å². The summed E-state index contributed by atoms with van der Waals surface area (Å²) in [6, 6.07) is 5.60. The number of nitrogens with zero attached hydrogens (tertiary/aromatic N) is 1. The molecule has 0 spiro atoms. The number of carbonyl (C=O) groups excluding carboxylic acids is 1. The maximum Gasteiger partial charge on any atom is 0.256 e. The van der Waals surface area contributed by atoms with E-state index in [-0.39, 0.29) is 5.91 Å². The van der Waals surface area contributed by atoms with Gasteiger partial charge in [0, 0.05) is 35.9 Å². The summed E-state index contributed by atoms with van der Waals surface area (Å²) in [4.78, 5) is 17.5. The van der Waals surface area contributed by atoms with Gasteiger partial charge in [0.05, 0.1) is 5.56 Å². The third-order valence-corrected chi connectivity index (χ3v) is 3.65. The number of H-pyrrole nitrogens is 1. The molecule has 1 aromatic carbocycles. The number of nitrogens with two attached hydrogens (primary N) is 1. The average Bonchev–Trinajstić information content (AvgIpc) is 2.94. The molecule has 1 fully saturated rings. The summed E-state index contributed by atoms with van der Waals surface area (Å²) in [5.41, 5.74) is 8.11. The van der Waals surface area contributed by atoms with E-state index in [9.17, 15) is 4.79 Å². The van der Waals surface area contributed by atoms with Crippen LogP contribution in [0.1, 0.15) is 23.7 Å². The summed E-state index contributed by atoms with van der Waals surface area (Å²) in [6.07, 6.45) is 2.89. The van der Waals surface area contributed by atoms with Gasteiger partial charge < -0.3 is 15.6 Å². The first-order chi connectivity index (χ1) is 8.65. The fraction of sp³-hybridized carbons (Fsp3) is 0.357. The van der Waals surface area contributed by atoms with Crippen LogP contribution in [0.3, 0.4) is 0 Å². The van der Waals surface area contributed by atoms with Gasteiger partial charge in [-0.1, -0.05) is 6.92 Å². The number of rotatable bonds is 1. The maximum absolute atomic E-state index is 12.4. The number of aromatic amines is 1. The highest BCUT2D eigenvalue weighted by atomic mass is 16.2. The van der Waals surface area contributed by atoms with Crippen molar-refractivity contribution in [1.82, 2.24) is 9.88 Å². The Morgan fingerprint density at radius 3 is 3.06 bits per heavy atom. The molecule has 1 saturated heterocycles. The van der Waals surface area contributed by atoms with Gasteiger partial charge in [-0.05, 0) is 30.5 Å². The van der Waals surface area contributed by atoms with E-state index in [1.54, 1.807) is 6.20 Å². The van der Waals surface area contributed by atoms with E-state index in [0.717, 1.165) is 36.0 Å². The third-order valence-electron chi connectivity index (χ3n) is 3.65. The summed E-state index contributed by atoms with van der Waals surface area (Å²) in [6.45, 7) is 3.91. The number of nitrogens with one attached hydrogen (secondary N) is 1. The Morgan fingerprint density at radius 2 is 2.33 bits per heavy atom. The third kappa shape index (κ3) is 1.74. The Hall–Kier alpha value is -1.97. The Bertz CT molecular complexity index is 602. The fourth-order valence-corrected chi connectivity index (χ4v) is 2.61. The number of amides is 1. The molecule has 0 radical (unpaired) electrons. The van der Waals surface area contributed by atoms with E-state index in [2.05, 4.69) is 11.9 Å². The van der Waals surface area contributed by atoms with Crippen LogP contribution in [0.2, 0.25) is 0 Å². The number of aromatic nitrogens is 1. The van der Waals surface area contributed by atoms with Crippen LogP contribution in [0.15, 0.2) is 24.4 Å². The molecular formula is C14H17N3O. The molecule has 0 aliphatic carbocycles. The lowest BCUT2D eigenvalue weighted by atomic mass is 10.1. The standard InChI is InChI=1S/C14H17N3O/c1-9-4-5-17(8-9)14(18)12-7-16-13-6-10(15)2-3-11(12)13/h2-3,6-7,9,16H,4-5,8,15H2,1H3. The summed E-state index contributed by atoms with van der Waals surface area (Å²) in [7, 11) is 0. The van der Waals surface area contributed by atoms with E-state index in [1.165, 1.54) is 0 Å². The van der Waals surface area contributed by atoms with Gasteiger partial charge >= 0.3 is 0 Å². The van der Waals surface area contributed by atoms with Gasteiger partial charge in [-0.2, -0.15) is 0 Å². The summed E-state index contributed by atoms with van der Waals surface area (Å²) >= 11 is 0. The molecule has 1 amide bonds. The van der Waals surface area contributed by atoms with Crippen molar-refractivity contribution in [3.63, 3.8) is 0 Å². The van der Waals surface area contributed by atoms with E-state index >= 15 is 0 Å². The first kappa shape index (κ1) is 11.1. The molecule has 2 aromatic rings. The van der Waals surface area contributed by atoms with Crippen LogP contribution in [0.25, 0.3) is 10.9 Å². The first-order valence-electron chi connectivity index (χ1n) is 6.31. The van der Waals surface area contributed by atoms with Crippen molar-refractivity contribution in [2.75, 3.05) is 18.8 Å². The molecule has 0 bridgehead atoms. The molecule has 3 rings (SSSR count). The topological polar surface area (TPSA) is 62.1 Å². The smallest absolute Gasteiger partial charge is 0.256 e. The minimum Gasteiger partial charge on any atom is -0.399 e. The van der Waals surface area contributed by atoms with Crippen LogP contribution in [-0.2, 0) is 0 Å². The molecule has 3 N–H and O–H groups in total.